The summed E-state index contributed by atoms with van der Waals surface area (Å²) >= 11 is 6.00. The number of nitrogens with one attached hydrogen (secondary N) is 1. The van der Waals surface area contributed by atoms with E-state index in [1.807, 2.05) is 18.2 Å². The highest BCUT2D eigenvalue weighted by Gasteiger charge is 2.23. The van der Waals surface area contributed by atoms with E-state index < -0.39 is 6.10 Å². The molecule has 0 spiro atoms. The van der Waals surface area contributed by atoms with E-state index in [4.69, 9.17) is 11.6 Å². The molecular formula is C15H18ClNO2. The molecule has 2 N–H and O–H groups in total. The van der Waals surface area contributed by atoms with Crippen molar-refractivity contribution in [3.05, 3.63) is 40.9 Å². The highest BCUT2D eigenvalue weighted by molar-refractivity contribution is 6.32. The van der Waals surface area contributed by atoms with Gasteiger partial charge in [-0.2, -0.15) is 0 Å². The van der Waals surface area contributed by atoms with Gasteiger partial charge in [0.1, 0.15) is 0 Å². The third-order valence-corrected chi connectivity index (χ3v) is 3.72. The average Bonchev–Trinajstić information content (AvgIpc) is 2.40. The lowest BCUT2D eigenvalue weighted by Gasteiger charge is -2.27. The summed E-state index contributed by atoms with van der Waals surface area (Å²) in [5.41, 5.74) is 0.809. The second-order valence-electron chi connectivity index (χ2n) is 4.82. The summed E-state index contributed by atoms with van der Waals surface area (Å²) in [7, 11) is 0. The van der Waals surface area contributed by atoms with Crippen LogP contribution in [0, 0.1) is 0 Å². The number of amides is 1. The fourth-order valence-corrected chi connectivity index (χ4v) is 2.48. The zero-order chi connectivity index (χ0) is 13.7. The van der Waals surface area contributed by atoms with Gasteiger partial charge in [0.2, 0.25) is 5.91 Å². The van der Waals surface area contributed by atoms with Crippen LogP contribution in [-0.4, -0.2) is 23.2 Å². The Morgan fingerprint density at radius 2 is 2.05 bits per heavy atom. The molecule has 1 fully saturated rings. The van der Waals surface area contributed by atoms with Gasteiger partial charge in [-0.3, -0.25) is 4.79 Å². The molecule has 0 aliphatic heterocycles. The van der Waals surface area contributed by atoms with Crippen molar-refractivity contribution in [3.63, 3.8) is 0 Å². The number of carbonyl (C=O) groups is 1. The molecule has 0 unspecified atom stereocenters. The SMILES string of the molecule is O=C(/C=C/c1ccccc1Cl)N[C@@H]1CCCC[C@H]1O. The van der Waals surface area contributed by atoms with E-state index in [2.05, 4.69) is 5.32 Å². The Kier molecular flexibility index (Phi) is 5.00. The lowest BCUT2D eigenvalue weighted by atomic mass is 9.92. The largest absolute Gasteiger partial charge is 0.391 e. The molecule has 2 atom stereocenters. The van der Waals surface area contributed by atoms with Gasteiger partial charge in [0.25, 0.3) is 0 Å². The summed E-state index contributed by atoms with van der Waals surface area (Å²) in [6.45, 7) is 0. The highest BCUT2D eigenvalue weighted by Crippen LogP contribution is 2.19. The molecule has 1 amide bonds. The molecule has 1 aliphatic rings. The third-order valence-electron chi connectivity index (χ3n) is 3.38. The van der Waals surface area contributed by atoms with Gasteiger partial charge in [-0.05, 0) is 30.5 Å². The lowest BCUT2D eigenvalue weighted by Crippen LogP contribution is -2.44. The van der Waals surface area contributed by atoms with Gasteiger partial charge in [-0.15, -0.1) is 0 Å². The summed E-state index contributed by atoms with van der Waals surface area (Å²) in [6, 6.07) is 7.22. The number of aliphatic hydroxyl groups is 1. The quantitative estimate of drug-likeness (QED) is 0.836. The van der Waals surface area contributed by atoms with Crippen LogP contribution >= 0.6 is 11.6 Å². The maximum Gasteiger partial charge on any atom is 0.244 e. The molecule has 19 heavy (non-hydrogen) atoms. The fraction of sp³-hybridized carbons (Fsp3) is 0.400. The van der Waals surface area contributed by atoms with E-state index >= 15 is 0 Å². The second-order valence-corrected chi connectivity index (χ2v) is 5.23. The zero-order valence-corrected chi connectivity index (χ0v) is 11.4. The molecule has 1 saturated carbocycles. The van der Waals surface area contributed by atoms with Gasteiger partial charge in [-0.1, -0.05) is 42.6 Å². The topological polar surface area (TPSA) is 49.3 Å². The number of hydrogen-bond donors (Lipinski definition) is 2. The fourth-order valence-electron chi connectivity index (χ4n) is 2.29. The number of benzene rings is 1. The molecule has 2 rings (SSSR count). The smallest absolute Gasteiger partial charge is 0.244 e. The summed E-state index contributed by atoms with van der Waals surface area (Å²) < 4.78 is 0. The van der Waals surface area contributed by atoms with Gasteiger partial charge in [0.15, 0.2) is 0 Å². The van der Waals surface area contributed by atoms with Gasteiger partial charge in [-0.25, -0.2) is 0 Å². The molecule has 1 aromatic rings. The molecule has 4 heteroatoms. The Hall–Kier alpha value is -1.32. The highest BCUT2D eigenvalue weighted by atomic mass is 35.5. The molecule has 0 aromatic heterocycles. The van der Waals surface area contributed by atoms with Crippen LogP contribution in [0.2, 0.25) is 5.02 Å². The summed E-state index contributed by atoms with van der Waals surface area (Å²) in [5.74, 6) is -0.189. The first kappa shape index (κ1) is 14.1. The van der Waals surface area contributed by atoms with Crippen molar-refractivity contribution >= 4 is 23.6 Å². The molecule has 0 saturated heterocycles. The normalized spacial score (nSPS) is 23.5. The average molecular weight is 280 g/mol. The van der Waals surface area contributed by atoms with E-state index in [0.717, 1.165) is 31.2 Å². The summed E-state index contributed by atoms with van der Waals surface area (Å²) in [6.07, 6.45) is 6.41. The minimum absolute atomic E-state index is 0.128. The Morgan fingerprint density at radius 3 is 2.79 bits per heavy atom. The maximum atomic E-state index is 11.8. The monoisotopic (exact) mass is 279 g/mol. The zero-order valence-electron chi connectivity index (χ0n) is 10.7. The molecule has 0 heterocycles. The molecule has 0 bridgehead atoms. The minimum atomic E-state index is -0.425. The standard InChI is InChI=1S/C15H18ClNO2/c16-12-6-2-1-5-11(12)9-10-15(19)17-13-7-3-4-8-14(13)18/h1-2,5-6,9-10,13-14,18H,3-4,7-8H2,(H,17,19)/b10-9+/t13-,14-/m1/s1. The van der Waals surface area contributed by atoms with E-state index in [-0.39, 0.29) is 11.9 Å². The summed E-state index contributed by atoms with van der Waals surface area (Å²) in [4.78, 5) is 11.8. The minimum Gasteiger partial charge on any atom is -0.391 e. The number of aliphatic hydroxyl groups excluding tert-OH is 1. The van der Waals surface area contributed by atoms with Crippen LogP contribution in [0.25, 0.3) is 6.08 Å². The third kappa shape index (κ3) is 4.08. The molecule has 102 valence electrons. The van der Waals surface area contributed by atoms with Crippen molar-refractivity contribution < 1.29 is 9.90 Å². The van der Waals surface area contributed by atoms with Crippen molar-refractivity contribution in [2.75, 3.05) is 0 Å². The Balaban J connectivity index is 1.92. The van der Waals surface area contributed by atoms with E-state index in [1.165, 1.54) is 6.08 Å². The number of carbonyl (C=O) groups excluding carboxylic acids is 1. The predicted octanol–water partition coefficient (Wildman–Crippen LogP) is 2.77. The Morgan fingerprint density at radius 1 is 1.32 bits per heavy atom. The van der Waals surface area contributed by atoms with Crippen molar-refractivity contribution in [1.29, 1.82) is 0 Å². The van der Waals surface area contributed by atoms with Crippen LogP contribution < -0.4 is 5.32 Å². The second kappa shape index (κ2) is 6.73. The van der Waals surface area contributed by atoms with E-state index in [1.54, 1.807) is 12.1 Å². The number of halogens is 1. The van der Waals surface area contributed by atoms with Crippen molar-refractivity contribution in [1.82, 2.24) is 5.32 Å². The molecular weight excluding hydrogens is 262 g/mol. The van der Waals surface area contributed by atoms with Gasteiger partial charge in [0, 0.05) is 11.1 Å². The van der Waals surface area contributed by atoms with Crippen molar-refractivity contribution in [3.8, 4) is 0 Å². The van der Waals surface area contributed by atoms with Crippen LogP contribution in [0.5, 0.6) is 0 Å². The van der Waals surface area contributed by atoms with Crippen LogP contribution in [-0.2, 0) is 4.79 Å². The van der Waals surface area contributed by atoms with Crippen LogP contribution in [0.3, 0.4) is 0 Å². The molecule has 3 nitrogen and oxygen atoms in total. The van der Waals surface area contributed by atoms with Gasteiger partial charge < -0.3 is 10.4 Å². The molecule has 1 aliphatic carbocycles. The predicted molar refractivity (Wildman–Crippen MR) is 76.9 cm³/mol. The van der Waals surface area contributed by atoms with E-state index in [0.29, 0.717) is 5.02 Å². The lowest BCUT2D eigenvalue weighted by molar-refractivity contribution is -0.118. The first-order valence-corrected chi connectivity index (χ1v) is 6.96. The van der Waals surface area contributed by atoms with Gasteiger partial charge >= 0.3 is 0 Å². The first-order chi connectivity index (χ1) is 9.16. The van der Waals surface area contributed by atoms with Crippen LogP contribution in [0.1, 0.15) is 31.2 Å². The van der Waals surface area contributed by atoms with Crippen LogP contribution in [0.15, 0.2) is 30.3 Å². The number of hydrogen-bond acceptors (Lipinski definition) is 2. The molecule has 0 radical (unpaired) electrons. The first-order valence-electron chi connectivity index (χ1n) is 6.58. The summed E-state index contributed by atoms with van der Waals surface area (Å²) in [5, 5.41) is 13.2. The maximum absolute atomic E-state index is 11.8. The van der Waals surface area contributed by atoms with Gasteiger partial charge in [0.05, 0.1) is 12.1 Å². The van der Waals surface area contributed by atoms with Crippen molar-refractivity contribution in [2.24, 2.45) is 0 Å². The Bertz CT molecular complexity index is 473. The molecule has 1 aromatic carbocycles. The Labute approximate surface area is 118 Å². The van der Waals surface area contributed by atoms with Crippen LogP contribution in [0.4, 0.5) is 0 Å². The number of rotatable bonds is 3. The van der Waals surface area contributed by atoms with E-state index in [9.17, 15) is 9.90 Å². The van der Waals surface area contributed by atoms with Crippen molar-refractivity contribution in [2.45, 2.75) is 37.8 Å².